The van der Waals surface area contributed by atoms with Gasteiger partial charge in [0.15, 0.2) is 0 Å². The van der Waals surface area contributed by atoms with Crippen molar-refractivity contribution in [2.45, 2.75) is 13.5 Å². The molecule has 0 spiro atoms. The van der Waals surface area contributed by atoms with Crippen LogP contribution >= 0.6 is 0 Å². The smallest absolute Gasteiger partial charge is 0.238 e. The molecular weight excluding hydrogens is 286 g/mol. The molecule has 1 N–H and O–H groups in total. The van der Waals surface area contributed by atoms with E-state index >= 15 is 0 Å². The van der Waals surface area contributed by atoms with Gasteiger partial charge in [0.1, 0.15) is 11.6 Å². The van der Waals surface area contributed by atoms with Gasteiger partial charge >= 0.3 is 0 Å². The zero-order valence-corrected chi connectivity index (χ0v) is 12.6. The van der Waals surface area contributed by atoms with Crippen molar-refractivity contribution < 1.29 is 13.6 Å². The molecule has 0 saturated heterocycles. The van der Waals surface area contributed by atoms with E-state index in [4.69, 9.17) is 0 Å². The molecule has 3 nitrogen and oxygen atoms in total. The zero-order valence-electron chi connectivity index (χ0n) is 12.6. The Bertz CT molecular complexity index is 656. The number of carbonyl (C=O) groups is 1. The first kappa shape index (κ1) is 16.1. The van der Waals surface area contributed by atoms with Crippen molar-refractivity contribution in [1.29, 1.82) is 0 Å². The van der Waals surface area contributed by atoms with Gasteiger partial charge in [-0.3, -0.25) is 9.69 Å². The van der Waals surface area contributed by atoms with Gasteiger partial charge in [-0.15, -0.1) is 0 Å². The topological polar surface area (TPSA) is 32.3 Å². The van der Waals surface area contributed by atoms with Gasteiger partial charge in [-0.1, -0.05) is 18.2 Å². The lowest BCUT2D eigenvalue weighted by atomic mass is 10.2. The normalized spacial score (nSPS) is 10.8. The third kappa shape index (κ3) is 4.63. The van der Waals surface area contributed by atoms with Crippen LogP contribution in [0.5, 0.6) is 0 Å². The van der Waals surface area contributed by atoms with Crippen molar-refractivity contribution in [2.24, 2.45) is 0 Å². The highest BCUT2D eigenvalue weighted by molar-refractivity contribution is 5.92. The molecule has 0 aromatic heterocycles. The van der Waals surface area contributed by atoms with Crippen molar-refractivity contribution in [2.75, 3.05) is 18.9 Å². The fraction of sp³-hybridized carbons (Fsp3) is 0.235. The number of hydrogen-bond acceptors (Lipinski definition) is 2. The quantitative estimate of drug-likeness (QED) is 0.919. The average molecular weight is 304 g/mol. The fourth-order valence-corrected chi connectivity index (χ4v) is 2.07. The number of rotatable bonds is 5. The summed E-state index contributed by atoms with van der Waals surface area (Å²) in [5, 5.41) is 2.66. The van der Waals surface area contributed by atoms with E-state index in [-0.39, 0.29) is 24.1 Å². The summed E-state index contributed by atoms with van der Waals surface area (Å²) in [7, 11) is 1.79. The van der Waals surface area contributed by atoms with Crippen LogP contribution < -0.4 is 5.32 Å². The Hall–Kier alpha value is -2.27. The summed E-state index contributed by atoms with van der Waals surface area (Å²) in [6, 6.07) is 10.7. The molecule has 0 bridgehead atoms. The standard InChI is InChI=1S/C17H18F2N2O/c1-12-3-8-15(9-16(12)19)20-17(22)11-21(2)10-13-4-6-14(18)7-5-13/h3-9H,10-11H2,1-2H3,(H,20,22). The number of anilines is 1. The first-order chi connectivity index (χ1) is 10.4. The lowest BCUT2D eigenvalue weighted by molar-refractivity contribution is -0.117. The van der Waals surface area contributed by atoms with Crippen molar-refractivity contribution in [3.8, 4) is 0 Å². The molecule has 22 heavy (non-hydrogen) atoms. The van der Waals surface area contributed by atoms with Crippen molar-refractivity contribution in [1.82, 2.24) is 4.90 Å². The van der Waals surface area contributed by atoms with Crippen LogP contribution in [0.1, 0.15) is 11.1 Å². The highest BCUT2D eigenvalue weighted by atomic mass is 19.1. The SMILES string of the molecule is Cc1ccc(NC(=O)CN(C)Cc2ccc(F)cc2)cc1F. The molecule has 1 amide bonds. The third-order valence-corrected chi connectivity index (χ3v) is 3.23. The number of aryl methyl sites for hydroxylation is 1. The van der Waals surface area contributed by atoms with E-state index in [0.29, 0.717) is 17.8 Å². The minimum atomic E-state index is -0.350. The van der Waals surface area contributed by atoms with Crippen molar-refractivity contribution in [3.05, 3.63) is 65.2 Å². The number of hydrogen-bond donors (Lipinski definition) is 1. The second-order valence-corrected chi connectivity index (χ2v) is 5.31. The van der Waals surface area contributed by atoms with Gasteiger partial charge in [0, 0.05) is 12.2 Å². The third-order valence-electron chi connectivity index (χ3n) is 3.23. The highest BCUT2D eigenvalue weighted by Gasteiger charge is 2.09. The Morgan fingerprint density at radius 2 is 1.82 bits per heavy atom. The van der Waals surface area contributed by atoms with Gasteiger partial charge in [-0.2, -0.15) is 0 Å². The lowest BCUT2D eigenvalue weighted by Crippen LogP contribution is -2.29. The van der Waals surface area contributed by atoms with Crippen LogP contribution in [0.4, 0.5) is 14.5 Å². The van der Waals surface area contributed by atoms with Gasteiger partial charge in [0.05, 0.1) is 6.54 Å². The number of nitrogens with zero attached hydrogens (tertiary/aromatic N) is 1. The van der Waals surface area contributed by atoms with E-state index in [1.807, 2.05) is 0 Å². The van der Waals surface area contributed by atoms with E-state index < -0.39 is 0 Å². The van der Waals surface area contributed by atoms with Crippen LogP contribution in [0.3, 0.4) is 0 Å². The number of likely N-dealkylation sites (N-methyl/N-ethyl adjacent to an activating group) is 1. The molecule has 116 valence electrons. The van der Waals surface area contributed by atoms with E-state index in [2.05, 4.69) is 5.32 Å². The predicted octanol–water partition coefficient (Wildman–Crippen LogP) is 3.34. The second kappa shape index (κ2) is 7.13. The summed E-state index contributed by atoms with van der Waals surface area (Å²) < 4.78 is 26.2. The molecule has 2 rings (SSSR count). The molecule has 2 aromatic rings. The van der Waals surface area contributed by atoms with Crippen LogP contribution in [0.2, 0.25) is 0 Å². The lowest BCUT2D eigenvalue weighted by Gasteiger charge is -2.16. The molecule has 0 radical (unpaired) electrons. The Kier molecular flexibility index (Phi) is 5.22. The first-order valence-electron chi connectivity index (χ1n) is 6.93. The monoisotopic (exact) mass is 304 g/mol. The molecule has 0 fully saturated rings. The minimum Gasteiger partial charge on any atom is -0.325 e. The summed E-state index contributed by atoms with van der Waals surface area (Å²) in [6.07, 6.45) is 0. The summed E-state index contributed by atoms with van der Waals surface area (Å²) in [5.41, 5.74) is 1.88. The maximum atomic E-state index is 13.4. The molecule has 0 aliphatic rings. The van der Waals surface area contributed by atoms with Gasteiger partial charge < -0.3 is 5.32 Å². The summed E-state index contributed by atoms with van der Waals surface area (Å²) in [5.74, 6) is -0.865. The van der Waals surface area contributed by atoms with Crippen LogP contribution in [0.25, 0.3) is 0 Å². The molecule has 0 heterocycles. The Labute approximate surface area is 128 Å². The zero-order chi connectivity index (χ0) is 16.1. The Morgan fingerprint density at radius 3 is 2.45 bits per heavy atom. The van der Waals surface area contributed by atoms with E-state index in [1.54, 1.807) is 43.1 Å². The van der Waals surface area contributed by atoms with E-state index in [1.165, 1.54) is 18.2 Å². The number of halogens is 2. The van der Waals surface area contributed by atoms with Crippen LogP contribution in [0.15, 0.2) is 42.5 Å². The van der Waals surface area contributed by atoms with E-state index in [0.717, 1.165) is 5.56 Å². The Balaban J connectivity index is 1.88. The maximum absolute atomic E-state index is 13.4. The van der Waals surface area contributed by atoms with Crippen molar-refractivity contribution in [3.63, 3.8) is 0 Å². The average Bonchev–Trinajstić information content (AvgIpc) is 2.45. The summed E-state index contributed by atoms with van der Waals surface area (Å²) in [4.78, 5) is 13.7. The van der Waals surface area contributed by atoms with Crippen LogP contribution in [0, 0.1) is 18.6 Å². The van der Waals surface area contributed by atoms with Gasteiger partial charge in [0.2, 0.25) is 5.91 Å². The fourth-order valence-electron chi connectivity index (χ4n) is 2.07. The number of nitrogens with one attached hydrogen (secondary N) is 1. The second-order valence-electron chi connectivity index (χ2n) is 5.31. The minimum absolute atomic E-state index is 0.160. The number of benzene rings is 2. The maximum Gasteiger partial charge on any atom is 0.238 e. The first-order valence-corrected chi connectivity index (χ1v) is 6.93. The predicted molar refractivity (Wildman–Crippen MR) is 82.5 cm³/mol. The van der Waals surface area contributed by atoms with Crippen molar-refractivity contribution >= 4 is 11.6 Å². The highest BCUT2D eigenvalue weighted by Crippen LogP contribution is 2.13. The molecule has 0 unspecified atom stereocenters. The molecule has 5 heteroatoms. The van der Waals surface area contributed by atoms with E-state index in [9.17, 15) is 13.6 Å². The number of carbonyl (C=O) groups excluding carboxylic acids is 1. The molecule has 0 aliphatic carbocycles. The molecule has 2 aromatic carbocycles. The largest absolute Gasteiger partial charge is 0.325 e. The van der Waals surface area contributed by atoms with Crippen LogP contribution in [-0.2, 0) is 11.3 Å². The van der Waals surface area contributed by atoms with Crippen LogP contribution in [-0.4, -0.2) is 24.4 Å². The summed E-state index contributed by atoms with van der Waals surface area (Å²) in [6.45, 7) is 2.35. The number of amides is 1. The van der Waals surface area contributed by atoms with Gasteiger partial charge in [-0.05, 0) is 49.4 Å². The summed E-state index contributed by atoms with van der Waals surface area (Å²) >= 11 is 0. The van der Waals surface area contributed by atoms with Gasteiger partial charge in [-0.25, -0.2) is 8.78 Å². The Morgan fingerprint density at radius 1 is 1.14 bits per heavy atom. The molecule has 0 saturated carbocycles. The van der Waals surface area contributed by atoms with Gasteiger partial charge in [0.25, 0.3) is 0 Å². The molecule has 0 aliphatic heterocycles. The molecule has 0 atom stereocenters. The molecular formula is C17H18F2N2O.